The number of amides is 1. The number of nitrogens with zero attached hydrogens (tertiary/aromatic N) is 1. The van der Waals surface area contributed by atoms with E-state index in [9.17, 15) is 9.18 Å². The van der Waals surface area contributed by atoms with E-state index in [4.69, 9.17) is 4.74 Å². The number of hydrogen-bond acceptors (Lipinski definition) is 4. The summed E-state index contributed by atoms with van der Waals surface area (Å²) in [5, 5.41) is 3.17. The van der Waals surface area contributed by atoms with E-state index >= 15 is 0 Å². The molecule has 0 radical (unpaired) electrons. The third-order valence-corrected chi connectivity index (χ3v) is 3.32. The molecule has 6 heteroatoms. The summed E-state index contributed by atoms with van der Waals surface area (Å²) in [4.78, 5) is 16.7. The van der Waals surface area contributed by atoms with Gasteiger partial charge in [0, 0.05) is 17.6 Å². The second kappa shape index (κ2) is 5.90. The van der Waals surface area contributed by atoms with E-state index in [2.05, 4.69) is 10.3 Å². The molecule has 0 unspecified atom stereocenters. The lowest BCUT2D eigenvalue weighted by Crippen LogP contribution is -2.16. The van der Waals surface area contributed by atoms with E-state index in [-0.39, 0.29) is 18.3 Å². The van der Waals surface area contributed by atoms with Gasteiger partial charge in [0.25, 0.3) is 5.91 Å². The predicted molar refractivity (Wildman–Crippen MR) is 72.8 cm³/mol. The van der Waals surface area contributed by atoms with Crippen molar-refractivity contribution >= 4 is 22.4 Å². The van der Waals surface area contributed by atoms with E-state index in [1.807, 2.05) is 6.92 Å². The average molecular weight is 280 g/mol. The van der Waals surface area contributed by atoms with Gasteiger partial charge >= 0.3 is 0 Å². The number of carbonyl (C=O) groups excluding carboxylic acids is 1. The van der Waals surface area contributed by atoms with E-state index in [1.165, 1.54) is 30.6 Å². The van der Waals surface area contributed by atoms with Crippen molar-refractivity contribution in [3.8, 4) is 11.3 Å². The van der Waals surface area contributed by atoms with Gasteiger partial charge in [-0.25, -0.2) is 9.37 Å². The Morgan fingerprint density at radius 3 is 2.74 bits per heavy atom. The van der Waals surface area contributed by atoms with Crippen LogP contribution in [-0.4, -0.2) is 24.6 Å². The van der Waals surface area contributed by atoms with Crippen molar-refractivity contribution in [2.75, 3.05) is 19.0 Å². The van der Waals surface area contributed by atoms with Crippen LogP contribution in [0.4, 0.5) is 9.52 Å². The number of anilines is 1. The second-order valence-electron chi connectivity index (χ2n) is 3.91. The van der Waals surface area contributed by atoms with Gasteiger partial charge in [0.15, 0.2) is 5.13 Å². The van der Waals surface area contributed by atoms with Crippen molar-refractivity contribution < 1.29 is 13.9 Å². The maximum absolute atomic E-state index is 12.9. The standard InChI is InChI=1S/C13H13FN2O2S/c1-8-12(9-3-5-10(14)6-4-9)16-13(19-8)15-11(17)7-18-2/h3-6H,7H2,1-2H3,(H,15,16,17). The fourth-order valence-electron chi connectivity index (χ4n) is 1.61. The van der Waals surface area contributed by atoms with Gasteiger partial charge in [-0.2, -0.15) is 0 Å². The molecule has 1 heterocycles. The van der Waals surface area contributed by atoms with Gasteiger partial charge in [0.05, 0.1) is 5.69 Å². The number of ether oxygens (including phenoxy) is 1. The number of hydrogen-bond donors (Lipinski definition) is 1. The van der Waals surface area contributed by atoms with Crippen molar-refractivity contribution in [1.82, 2.24) is 4.98 Å². The molecule has 1 aromatic carbocycles. The topological polar surface area (TPSA) is 51.2 Å². The van der Waals surface area contributed by atoms with Gasteiger partial charge in [-0.1, -0.05) is 0 Å². The van der Waals surface area contributed by atoms with E-state index in [0.29, 0.717) is 5.13 Å². The molecule has 1 N–H and O–H groups in total. The fraction of sp³-hybridized carbons (Fsp3) is 0.231. The SMILES string of the molecule is COCC(=O)Nc1nc(-c2ccc(F)cc2)c(C)s1. The number of thiazole rings is 1. The Balaban J connectivity index is 2.21. The van der Waals surface area contributed by atoms with Crippen LogP contribution in [-0.2, 0) is 9.53 Å². The quantitative estimate of drug-likeness (QED) is 0.937. The van der Waals surface area contributed by atoms with E-state index in [0.717, 1.165) is 16.1 Å². The molecule has 0 aliphatic carbocycles. The smallest absolute Gasteiger partial charge is 0.252 e. The highest BCUT2D eigenvalue weighted by Crippen LogP contribution is 2.30. The number of methoxy groups -OCH3 is 1. The minimum atomic E-state index is -0.287. The zero-order chi connectivity index (χ0) is 13.8. The Kier molecular flexibility index (Phi) is 4.24. The first-order valence-corrected chi connectivity index (χ1v) is 6.44. The van der Waals surface area contributed by atoms with Gasteiger partial charge in [-0.15, -0.1) is 11.3 Å². The van der Waals surface area contributed by atoms with Gasteiger partial charge in [-0.3, -0.25) is 10.1 Å². The molecule has 0 saturated heterocycles. The minimum absolute atomic E-state index is 0.00942. The van der Waals surface area contributed by atoms with Gasteiger partial charge in [0.2, 0.25) is 0 Å². The van der Waals surface area contributed by atoms with E-state index in [1.54, 1.807) is 12.1 Å². The summed E-state index contributed by atoms with van der Waals surface area (Å²) in [5.41, 5.74) is 1.57. The van der Waals surface area contributed by atoms with Crippen LogP contribution >= 0.6 is 11.3 Å². The van der Waals surface area contributed by atoms with Crippen molar-refractivity contribution in [1.29, 1.82) is 0 Å². The number of aromatic nitrogens is 1. The molecule has 1 aromatic heterocycles. The zero-order valence-corrected chi connectivity index (χ0v) is 11.4. The minimum Gasteiger partial charge on any atom is -0.375 e. The first-order valence-electron chi connectivity index (χ1n) is 5.62. The Hall–Kier alpha value is -1.79. The van der Waals surface area contributed by atoms with Crippen LogP contribution < -0.4 is 5.32 Å². The Morgan fingerprint density at radius 2 is 2.11 bits per heavy atom. The van der Waals surface area contributed by atoms with Crippen LogP contribution in [0.1, 0.15) is 4.88 Å². The molecule has 4 nitrogen and oxygen atoms in total. The lowest BCUT2D eigenvalue weighted by molar-refractivity contribution is -0.119. The molecular formula is C13H13FN2O2S. The lowest BCUT2D eigenvalue weighted by Gasteiger charge is -1.99. The van der Waals surface area contributed by atoms with Crippen molar-refractivity contribution in [2.24, 2.45) is 0 Å². The largest absolute Gasteiger partial charge is 0.375 e. The molecule has 0 aliphatic heterocycles. The first-order chi connectivity index (χ1) is 9.10. The highest BCUT2D eigenvalue weighted by atomic mass is 32.1. The van der Waals surface area contributed by atoms with Crippen LogP contribution in [0.5, 0.6) is 0 Å². The Labute approximate surface area is 114 Å². The highest BCUT2D eigenvalue weighted by molar-refractivity contribution is 7.16. The number of halogens is 1. The number of benzene rings is 1. The molecule has 2 rings (SSSR count). The third-order valence-electron chi connectivity index (χ3n) is 2.44. The molecule has 1 amide bonds. The Bertz CT molecular complexity index is 581. The number of carbonyl (C=O) groups is 1. The number of nitrogens with one attached hydrogen (secondary N) is 1. The Morgan fingerprint density at radius 1 is 1.42 bits per heavy atom. The van der Waals surface area contributed by atoms with Gasteiger partial charge < -0.3 is 4.74 Å². The number of aryl methyl sites for hydroxylation is 1. The highest BCUT2D eigenvalue weighted by Gasteiger charge is 2.11. The van der Waals surface area contributed by atoms with Crippen LogP contribution in [0.25, 0.3) is 11.3 Å². The summed E-state index contributed by atoms with van der Waals surface area (Å²) in [6.07, 6.45) is 0. The molecule has 0 aliphatic rings. The van der Waals surface area contributed by atoms with Crippen molar-refractivity contribution in [3.05, 3.63) is 35.0 Å². The summed E-state index contributed by atoms with van der Waals surface area (Å²) in [7, 11) is 1.45. The van der Waals surface area contributed by atoms with Gasteiger partial charge in [-0.05, 0) is 31.2 Å². The van der Waals surface area contributed by atoms with Crippen molar-refractivity contribution in [2.45, 2.75) is 6.92 Å². The fourth-order valence-corrected chi connectivity index (χ4v) is 2.46. The van der Waals surface area contributed by atoms with Crippen LogP contribution in [0.15, 0.2) is 24.3 Å². The zero-order valence-electron chi connectivity index (χ0n) is 10.6. The predicted octanol–water partition coefficient (Wildman–Crippen LogP) is 2.84. The van der Waals surface area contributed by atoms with Crippen LogP contribution in [0, 0.1) is 12.7 Å². The molecule has 0 saturated carbocycles. The third kappa shape index (κ3) is 3.36. The molecule has 0 bridgehead atoms. The second-order valence-corrected chi connectivity index (χ2v) is 5.12. The molecule has 0 spiro atoms. The summed E-state index contributed by atoms with van der Waals surface area (Å²) in [5.74, 6) is -0.535. The van der Waals surface area contributed by atoms with Crippen molar-refractivity contribution in [3.63, 3.8) is 0 Å². The maximum Gasteiger partial charge on any atom is 0.252 e. The first kappa shape index (κ1) is 13.6. The molecule has 19 heavy (non-hydrogen) atoms. The normalized spacial score (nSPS) is 10.5. The molecular weight excluding hydrogens is 267 g/mol. The molecule has 100 valence electrons. The summed E-state index contributed by atoms with van der Waals surface area (Å²) >= 11 is 1.38. The maximum atomic E-state index is 12.9. The summed E-state index contributed by atoms with van der Waals surface area (Å²) < 4.78 is 17.6. The molecule has 0 atom stereocenters. The monoisotopic (exact) mass is 280 g/mol. The summed E-state index contributed by atoms with van der Waals surface area (Å²) in [6.45, 7) is 1.90. The molecule has 2 aromatic rings. The summed E-state index contributed by atoms with van der Waals surface area (Å²) in [6, 6.07) is 6.10. The molecule has 0 fully saturated rings. The van der Waals surface area contributed by atoms with Crippen LogP contribution in [0.2, 0.25) is 0 Å². The van der Waals surface area contributed by atoms with Crippen LogP contribution in [0.3, 0.4) is 0 Å². The van der Waals surface area contributed by atoms with Gasteiger partial charge in [0.1, 0.15) is 12.4 Å². The lowest BCUT2D eigenvalue weighted by atomic mass is 10.1. The van der Waals surface area contributed by atoms with E-state index < -0.39 is 0 Å². The number of rotatable bonds is 4. The average Bonchev–Trinajstić information content (AvgIpc) is 2.71.